The second kappa shape index (κ2) is 7.33. The Morgan fingerprint density at radius 2 is 2.11 bits per heavy atom. The fourth-order valence-electron chi connectivity index (χ4n) is 3.15. The van der Waals surface area contributed by atoms with Gasteiger partial charge in [-0.2, -0.15) is 0 Å². The summed E-state index contributed by atoms with van der Waals surface area (Å²) in [6.45, 7) is 6.99. The number of rotatable bonds is 4. The van der Waals surface area contributed by atoms with Crippen LogP contribution in [0.2, 0.25) is 0 Å². The highest BCUT2D eigenvalue weighted by atomic mass is 79.9. The largest absolute Gasteiger partial charge is 0.372 e. The van der Waals surface area contributed by atoms with Gasteiger partial charge in [-0.15, -0.1) is 0 Å². The standard InChI is InChI=1S/C17H26BrN/c1-3-5-15-6-4-10-19(11-9-15)17-8-7-16(13-18)14(2)12-17/h7-8,12,15H,3-6,9-11,13H2,1-2H3. The Kier molecular flexibility index (Phi) is 5.75. The Morgan fingerprint density at radius 1 is 1.26 bits per heavy atom. The molecule has 2 rings (SSSR count). The molecule has 0 amide bonds. The molecule has 1 aliphatic rings. The molecular formula is C17H26BrN. The Balaban J connectivity index is 2.03. The first-order valence-electron chi connectivity index (χ1n) is 7.65. The zero-order valence-electron chi connectivity index (χ0n) is 12.3. The predicted octanol–water partition coefficient (Wildman–Crippen LogP) is 5.30. The number of hydrogen-bond acceptors (Lipinski definition) is 1. The van der Waals surface area contributed by atoms with Gasteiger partial charge in [0.15, 0.2) is 0 Å². The van der Waals surface area contributed by atoms with Gasteiger partial charge in [0.25, 0.3) is 0 Å². The summed E-state index contributed by atoms with van der Waals surface area (Å²) in [6.07, 6.45) is 6.89. The monoisotopic (exact) mass is 323 g/mol. The van der Waals surface area contributed by atoms with Crippen LogP contribution in [0.5, 0.6) is 0 Å². The van der Waals surface area contributed by atoms with E-state index in [9.17, 15) is 0 Å². The molecule has 0 aliphatic carbocycles. The number of benzene rings is 1. The van der Waals surface area contributed by atoms with Crippen LogP contribution in [0.15, 0.2) is 18.2 Å². The molecule has 1 fully saturated rings. The summed E-state index contributed by atoms with van der Waals surface area (Å²) in [4.78, 5) is 2.58. The van der Waals surface area contributed by atoms with Crippen LogP contribution in [-0.2, 0) is 5.33 Å². The molecule has 1 aromatic rings. The van der Waals surface area contributed by atoms with Crippen molar-refractivity contribution in [1.29, 1.82) is 0 Å². The van der Waals surface area contributed by atoms with Crippen LogP contribution < -0.4 is 4.90 Å². The van der Waals surface area contributed by atoms with Gasteiger partial charge in [0.2, 0.25) is 0 Å². The molecule has 1 unspecified atom stereocenters. The van der Waals surface area contributed by atoms with E-state index in [1.165, 1.54) is 62.0 Å². The van der Waals surface area contributed by atoms with E-state index >= 15 is 0 Å². The van der Waals surface area contributed by atoms with Gasteiger partial charge in [-0.1, -0.05) is 41.8 Å². The summed E-state index contributed by atoms with van der Waals surface area (Å²) >= 11 is 3.55. The maximum atomic E-state index is 3.55. The third-order valence-corrected chi connectivity index (χ3v) is 4.98. The lowest BCUT2D eigenvalue weighted by molar-refractivity contribution is 0.435. The molecule has 2 heteroatoms. The smallest absolute Gasteiger partial charge is 0.0369 e. The second-order valence-electron chi connectivity index (χ2n) is 5.82. The van der Waals surface area contributed by atoms with E-state index < -0.39 is 0 Å². The van der Waals surface area contributed by atoms with E-state index in [4.69, 9.17) is 0 Å². The van der Waals surface area contributed by atoms with Crippen molar-refractivity contribution in [3.8, 4) is 0 Å². The number of nitrogens with zero attached hydrogens (tertiary/aromatic N) is 1. The zero-order chi connectivity index (χ0) is 13.7. The van der Waals surface area contributed by atoms with Crippen molar-refractivity contribution in [2.45, 2.75) is 51.3 Å². The van der Waals surface area contributed by atoms with Crippen LogP contribution in [0, 0.1) is 12.8 Å². The van der Waals surface area contributed by atoms with Gasteiger partial charge in [0.1, 0.15) is 0 Å². The SMILES string of the molecule is CCCC1CCCN(c2ccc(CBr)c(C)c2)CC1. The molecule has 0 saturated carbocycles. The van der Waals surface area contributed by atoms with E-state index in [2.05, 4.69) is 52.9 Å². The van der Waals surface area contributed by atoms with Gasteiger partial charge in [0, 0.05) is 24.1 Å². The van der Waals surface area contributed by atoms with Gasteiger partial charge in [-0.05, 0) is 55.4 Å². The molecule has 0 bridgehead atoms. The first-order chi connectivity index (χ1) is 9.24. The first-order valence-corrected chi connectivity index (χ1v) is 8.77. The van der Waals surface area contributed by atoms with Crippen LogP contribution >= 0.6 is 15.9 Å². The maximum Gasteiger partial charge on any atom is 0.0369 e. The molecule has 0 N–H and O–H groups in total. The van der Waals surface area contributed by atoms with E-state index in [0.29, 0.717) is 0 Å². The normalized spacial score (nSPS) is 20.4. The number of hydrogen-bond donors (Lipinski definition) is 0. The molecule has 0 radical (unpaired) electrons. The van der Waals surface area contributed by atoms with Crippen molar-refractivity contribution in [3.05, 3.63) is 29.3 Å². The van der Waals surface area contributed by atoms with Crippen molar-refractivity contribution in [2.24, 2.45) is 5.92 Å². The average Bonchev–Trinajstić information content (AvgIpc) is 2.65. The minimum Gasteiger partial charge on any atom is -0.372 e. The highest BCUT2D eigenvalue weighted by Crippen LogP contribution is 2.27. The molecule has 1 aliphatic heterocycles. The second-order valence-corrected chi connectivity index (χ2v) is 6.38. The minimum absolute atomic E-state index is 0.956. The van der Waals surface area contributed by atoms with Crippen molar-refractivity contribution in [1.82, 2.24) is 0 Å². The third kappa shape index (κ3) is 3.98. The van der Waals surface area contributed by atoms with Crippen LogP contribution in [0.4, 0.5) is 5.69 Å². The quantitative estimate of drug-likeness (QED) is 0.680. The zero-order valence-corrected chi connectivity index (χ0v) is 13.9. The summed E-state index contributed by atoms with van der Waals surface area (Å²) in [5.41, 5.74) is 4.23. The molecule has 1 nitrogen and oxygen atoms in total. The lowest BCUT2D eigenvalue weighted by atomic mass is 9.96. The Labute approximate surface area is 126 Å². The van der Waals surface area contributed by atoms with Gasteiger partial charge < -0.3 is 4.90 Å². The number of aryl methyl sites for hydroxylation is 1. The summed E-state index contributed by atoms with van der Waals surface area (Å²) in [5, 5.41) is 0.956. The lowest BCUT2D eigenvalue weighted by Crippen LogP contribution is -2.24. The molecule has 106 valence electrons. The van der Waals surface area contributed by atoms with Crippen molar-refractivity contribution in [3.63, 3.8) is 0 Å². The van der Waals surface area contributed by atoms with E-state index in [0.717, 1.165) is 11.2 Å². The fourth-order valence-corrected chi connectivity index (χ4v) is 3.78. The van der Waals surface area contributed by atoms with Gasteiger partial charge in [-0.25, -0.2) is 0 Å². The molecule has 1 aromatic carbocycles. The first kappa shape index (κ1) is 14.9. The van der Waals surface area contributed by atoms with E-state index in [-0.39, 0.29) is 0 Å². The molecule has 0 aromatic heterocycles. The Hall–Kier alpha value is -0.500. The summed E-state index contributed by atoms with van der Waals surface area (Å²) in [6, 6.07) is 6.92. The molecule has 0 spiro atoms. The molecule has 19 heavy (non-hydrogen) atoms. The van der Waals surface area contributed by atoms with Crippen LogP contribution in [-0.4, -0.2) is 13.1 Å². The maximum absolute atomic E-state index is 3.55. The Bertz CT molecular complexity index is 402. The third-order valence-electron chi connectivity index (χ3n) is 4.38. The summed E-state index contributed by atoms with van der Waals surface area (Å²) < 4.78 is 0. The van der Waals surface area contributed by atoms with Gasteiger partial charge in [0.05, 0.1) is 0 Å². The minimum atomic E-state index is 0.956. The molecular weight excluding hydrogens is 298 g/mol. The van der Waals surface area contributed by atoms with E-state index in [1.54, 1.807) is 0 Å². The highest BCUT2D eigenvalue weighted by Gasteiger charge is 2.16. The molecule has 1 atom stereocenters. The van der Waals surface area contributed by atoms with E-state index in [1.807, 2.05) is 0 Å². The van der Waals surface area contributed by atoms with Crippen molar-refractivity contribution < 1.29 is 0 Å². The fraction of sp³-hybridized carbons (Fsp3) is 0.647. The predicted molar refractivity (Wildman–Crippen MR) is 88.3 cm³/mol. The summed E-state index contributed by atoms with van der Waals surface area (Å²) in [7, 11) is 0. The lowest BCUT2D eigenvalue weighted by Gasteiger charge is -2.24. The van der Waals surface area contributed by atoms with Crippen LogP contribution in [0.1, 0.15) is 50.2 Å². The topological polar surface area (TPSA) is 3.24 Å². The van der Waals surface area contributed by atoms with Crippen molar-refractivity contribution >= 4 is 21.6 Å². The van der Waals surface area contributed by atoms with Crippen LogP contribution in [0.3, 0.4) is 0 Å². The molecule has 1 saturated heterocycles. The average molecular weight is 324 g/mol. The highest BCUT2D eigenvalue weighted by molar-refractivity contribution is 9.08. The number of alkyl halides is 1. The van der Waals surface area contributed by atoms with Crippen LogP contribution in [0.25, 0.3) is 0 Å². The van der Waals surface area contributed by atoms with Gasteiger partial charge in [-0.3, -0.25) is 0 Å². The number of halogens is 1. The molecule has 1 heterocycles. The number of anilines is 1. The Morgan fingerprint density at radius 3 is 2.79 bits per heavy atom. The van der Waals surface area contributed by atoms with Crippen molar-refractivity contribution in [2.75, 3.05) is 18.0 Å². The van der Waals surface area contributed by atoms with Gasteiger partial charge >= 0.3 is 0 Å². The summed E-state index contributed by atoms with van der Waals surface area (Å²) in [5.74, 6) is 0.956.